The highest BCUT2D eigenvalue weighted by Gasteiger charge is 2.30. The molecule has 0 bridgehead atoms. The molecular weight excluding hydrogens is 413 g/mol. The molecule has 0 unspecified atom stereocenters. The number of carbonyl (C=O) groups excluding carboxylic acids is 2. The number of aromatic nitrogens is 2. The third kappa shape index (κ3) is 4.85. The van der Waals surface area contributed by atoms with Crippen molar-refractivity contribution in [2.45, 2.75) is 20.0 Å². The Balaban J connectivity index is 1.90. The number of nitrogens with one attached hydrogen (secondary N) is 2. The fourth-order valence-corrected chi connectivity index (χ4v) is 2.98. The zero-order valence-electron chi connectivity index (χ0n) is 16.9. The third-order valence-electron chi connectivity index (χ3n) is 4.44. The minimum atomic E-state index is -4.49. The minimum absolute atomic E-state index is 0.171. The monoisotopic (exact) mass is 432 g/mol. The van der Waals surface area contributed by atoms with Crippen molar-refractivity contribution in [3.05, 3.63) is 65.5 Å². The van der Waals surface area contributed by atoms with Crippen LogP contribution in [0.5, 0.6) is 5.75 Å². The van der Waals surface area contributed by atoms with Crippen LogP contribution in [0.25, 0.3) is 5.69 Å². The molecule has 0 saturated carbocycles. The third-order valence-corrected chi connectivity index (χ3v) is 4.44. The Hall–Kier alpha value is -3.82. The number of rotatable bonds is 5. The van der Waals surface area contributed by atoms with E-state index >= 15 is 0 Å². The van der Waals surface area contributed by atoms with Gasteiger partial charge in [0.2, 0.25) is 5.91 Å². The zero-order chi connectivity index (χ0) is 22.8. The number of carbonyl (C=O) groups is 2. The van der Waals surface area contributed by atoms with Gasteiger partial charge in [-0.25, -0.2) is 4.68 Å². The molecule has 0 atom stereocenters. The summed E-state index contributed by atoms with van der Waals surface area (Å²) < 4.78 is 45.5. The molecule has 10 heteroatoms. The van der Waals surface area contributed by atoms with Crippen molar-refractivity contribution in [1.82, 2.24) is 9.78 Å². The number of hydrogen-bond acceptors (Lipinski definition) is 4. The van der Waals surface area contributed by atoms with E-state index in [0.29, 0.717) is 22.8 Å². The molecule has 1 aromatic heterocycles. The number of halogens is 3. The first-order chi connectivity index (χ1) is 14.6. The van der Waals surface area contributed by atoms with E-state index in [0.717, 1.165) is 12.1 Å². The number of methoxy groups -OCH3 is 1. The Morgan fingerprint density at radius 1 is 1.10 bits per heavy atom. The van der Waals surface area contributed by atoms with Gasteiger partial charge in [-0.2, -0.15) is 18.3 Å². The van der Waals surface area contributed by atoms with E-state index in [-0.39, 0.29) is 17.2 Å². The highest BCUT2D eigenvalue weighted by Crippen LogP contribution is 2.31. The summed E-state index contributed by atoms with van der Waals surface area (Å²) in [5.74, 6) is -0.444. The van der Waals surface area contributed by atoms with E-state index in [2.05, 4.69) is 15.7 Å². The van der Waals surface area contributed by atoms with Crippen LogP contribution in [0.3, 0.4) is 0 Å². The van der Waals surface area contributed by atoms with Crippen LogP contribution in [-0.2, 0) is 11.0 Å². The molecule has 1 heterocycles. The van der Waals surface area contributed by atoms with Gasteiger partial charge in [-0.15, -0.1) is 0 Å². The largest absolute Gasteiger partial charge is 0.495 e. The fourth-order valence-electron chi connectivity index (χ4n) is 2.98. The van der Waals surface area contributed by atoms with Gasteiger partial charge in [0, 0.05) is 12.6 Å². The molecular formula is C21H19F3N4O3. The summed E-state index contributed by atoms with van der Waals surface area (Å²) >= 11 is 0. The first-order valence-corrected chi connectivity index (χ1v) is 9.09. The Bertz CT molecular complexity index is 1140. The second-order valence-electron chi connectivity index (χ2n) is 6.65. The number of alkyl halides is 3. The number of ether oxygens (including phenoxy) is 1. The van der Waals surface area contributed by atoms with Crippen LogP contribution in [0.2, 0.25) is 0 Å². The van der Waals surface area contributed by atoms with Crippen LogP contribution < -0.4 is 15.4 Å². The SMILES string of the molecule is COc1ccc(NC(C)=O)cc1NC(=O)c1cnn(-c2cccc(C(F)(F)F)c2)c1C. The predicted molar refractivity (Wildman–Crippen MR) is 109 cm³/mol. The van der Waals surface area contributed by atoms with E-state index in [4.69, 9.17) is 4.74 Å². The topological polar surface area (TPSA) is 85.2 Å². The molecule has 2 aromatic carbocycles. The highest BCUT2D eigenvalue weighted by molar-refractivity contribution is 6.06. The molecule has 162 valence electrons. The first kappa shape index (κ1) is 21.9. The van der Waals surface area contributed by atoms with E-state index in [1.54, 1.807) is 19.1 Å². The molecule has 2 amide bonds. The molecule has 0 aliphatic heterocycles. The average molecular weight is 432 g/mol. The van der Waals surface area contributed by atoms with Gasteiger partial charge < -0.3 is 15.4 Å². The lowest BCUT2D eigenvalue weighted by atomic mass is 10.2. The molecule has 0 saturated heterocycles. The number of amides is 2. The molecule has 3 rings (SSSR count). The maximum atomic E-state index is 13.0. The van der Waals surface area contributed by atoms with Crippen LogP contribution in [0.4, 0.5) is 24.5 Å². The maximum absolute atomic E-state index is 13.0. The maximum Gasteiger partial charge on any atom is 0.416 e. The molecule has 7 nitrogen and oxygen atoms in total. The molecule has 31 heavy (non-hydrogen) atoms. The number of benzene rings is 2. The average Bonchev–Trinajstić information content (AvgIpc) is 3.09. The first-order valence-electron chi connectivity index (χ1n) is 9.09. The summed E-state index contributed by atoms with van der Waals surface area (Å²) in [6.07, 6.45) is -3.22. The van der Waals surface area contributed by atoms with Gasteiger partial charge in [-0.05, 0) is 43.3 Å². The van der Waals surface area contributed by atoms with Crippen molar-refractivity contribution in [2.24, 2.45) is 0 Å². The molecule has 0 aliphatic carbocycles. The normalized spacial score (nSPS) is 11.2. The van der Waals surface area contributed by atoms with E-state index in [1.807, 2.05) is 0 Å². The Kier molecular flexibility index (Phi) is 6.00. The molecule has 2 N–H and O–H groups in total. The van der Waals surface area contributed by atoms with Gasteiger partial charge in [0.1, 0.15) is 5.75 Å². The molecule has 0 fully saturated rings. The van der Waals surface area contributed by atoms with Gasteiger partial charge >= 0.3 is 6.18 Å². The highest BCUT2D eigenvalue weighted by atomic mass is 19.4. The fraction of sp³-hybridized carbons (Fsp3) is 0.190. The lowest BCUT2D eigenvalue weighted by molar-refractivity contribution is -0.137. The molecule has 0 spiro atoms. The summed E-state index contributed by atoms with van der Waals surface area (Å²) in [5.41, 5.74) is 0.658. The lowest BCUT2D eigenvalue weighted by Gasteiger charge is -2.13. The summed E-state index contributed by atoms with van der Waals surface area (Å²) in [5, 5.41) is 9.37. The summed E-state index contributed by atoms with van der Waals surface area (Å²) in [6.45, 7) is 2.93. The van der Waals surface area contributed by atoms with Crippen LogP contribution >= 0.6 is 0 Å². The van der Waals surface area contributed by atoms with E-state index in [9.17, 15) is 22.8 Å². The summed E-state index contributed by atoms with van der Waals surface area (Å²) in [6, 6.07) is 9.40. The van der Waals surface area contributed by atoms with Crippen molar-refractivity contribution in [1.29, 1.82) is 0 Å². The van der Waals surface area contributed by atoms with Crippen molar-refractivity contribution in [3.8, 4) is 11.4 Å². The van der Waals surface area contributed by atoms with Gasteiger partial charge in [0.15, 0.2) is 0 Å². The van der Waals surface area contributed by atoms with Gasteiger partial charge in [-0.1, -0.05) is 6.07 Å². The van der Waals surface area contributed by atoms with Crippen molar-refractivity contribution >= 4 is 23.2 Å². The molecule has 0 radical (unpaired) electrons. The molecule has 0 aliphatic rings. The Labute approximate surface area is 175 Å². The zero-order valence-corrected chi connectivity index (χ0v) is 16.9. The second kappa shape index (κ2) is 8.50. The minimum Gasteiger partial charge on any atom is -0.495 e. The van der Waals surface area contributed by atoms with Gasteiger partial charge in [0.25, 0.3) is 5.91 Å². The van der Waals surface area contributed by atoms with Gasteiger partial charge in [-0.3, -0.25) is 9.59 Å². The number of nitrogens with zero attached hydrogens (tertiary/aromatic N) is 2. The summed E-state index contributed by atoms with van der Waals surface area (Å²) in [4.78, 5) is 24.1. The number of anilines is 2. The van der Waals surface area contributed by atoms with Crippen molar-refractivity contribution in [2.75, 3.05) is 17.7 Å². The molecule has 3 aromatic rings. The van der Waals surface area contributed by atoms with E-state index < -0.39 is 17.6 Å². The van der Waals surface area contributed by atoms with Crippen molar-refractivity contribution < 1.29 is 27.5 Å². The second-order valence-corrected chi connectivity index (χ2v) is 6.65. The number of hydrogen-bond donors (Lipinski definition) is 2. The van der Waals surface area contributed by atoms with Gasteiger partial charge in [0.05, 0.1) is 41.5 Å². The smallest absolute Gasteiger partial charge is 0.416 e. The Morgan fingerprint density at radius 2 is 1.84 bits per heavy atom. The quantitative estimate of drug-likeness (QED) is 0.625. The summed E-state index contributed by atoms with van der Waals surface area (Å²) in [7, 11) is 1.43. The van der Waals surface area contributed by atoms with Crippen LogP contribution in [-0.4, -0.2) is 28.7 Å². The lowest BCUT2D eigenvalue weighted by Crippen LogP contribution is -2.14. The van der Waals surface area contributed by atoms with Crippen LogP contribution in [0, 0.1) is 6.92 Å². The Morgan fingerprint density at radius 3 is 2.48 bits per heavy atom. The van der Waals surface area contributed by atoms with Crippen LogP contribution in [0.15, 0.2) is 48.7 Å². The predicted octanol–water partition coefficient (Wildman–Crippen LogP) is 4.42. The van der Waals surface area contributed by atoms with E-state index in [1.165, 1.54) is 43.1 Å². The standard InChI is InChI=1S/C21H19F3N4O3/c1-12-17(11-25-28(12)16-6-4-5-14(9-16)21(22,23)24)20(30)27-18-10-15(26-13(2)29)7-8-19(18)31-3/h4-11H,1-3H3,(H,26,29)(H,27,30). The van der Waals surface area contributed by atoms with Crippen molar-refractivity contribution in [3.63, 3.8) is 0 Å². The van der Waals surface area contributed by atoms with Crippen LogP contribution in [0.1, 0.15) is 28.5 Å².